The first-order valence-corrected chi connectivity index (χ1v) is 11.6. The van der Waals surface area contributed by atoms with Gasteiger partial charge in [-0.05, 0) is 67.1 Å². The van der Waals surface area contributed by atoms with Crippen molar-refractivity contribution < 1.29 is 28.7 Å². The number of halogens is 1. The Morgan fingerprint density at radius 1 is 0.973 bits per heavy atom. The summed E-state index contributed by atoms with van der Waals surface area (Å²) >= 11 is 5.85. The first-order valence-electron chi connectivity index (χ1n) is 11.3. The van der Waals surface area contributed by atoms with Crippen LogP contribution in [0, 0.1) is 0 Å². The molecule has 37 heavy (non-hydrogen) atoms. The summed E-state index contributed by atoms with van der Waals surface area (Å²) in [5, 5.41) is 5.44. The molecular weight excluding hydrogens is 498 g/mol. The van der Waals surface area contributed by atoms with Crippen molar-refractivity contribution in [2.45, 2.75) is 6.92 Å². The van der Waals surface area contributed by atoms with E-state index in [-0.39, 0.29) is 18.1 Å². The van der Waals surface area contributed by atoms with Gasteiger partial charge >= 0.3 is 6.03 Å². The van der Waals surface area contributed by atoms with Gasteiger partial charge in [-0.2, -0.15) is 0 Å². The molecule has 5 amide bonds. The van der Waals surface area contributed by atoms with Crippen molar-refractivity contribution in [3.63, 3.8) is 0 Å². The Morgan fingerprint density at radius 3 is 2.41 bits per heavy atom. The van der Waals surface area contributed by atoms with E-state index in [4.69, 9.17) is 21.1 Å². The number of carbonyl (C=O) groups is 4. The summed E-state index contributed by atoms with van der Waals surface area (Å²) in [7, 11) is 0. The lowest BCUT2D eigenvalue weighted by atomic mass is 10.1. The number of amides is 5. The second kappa shape index (κ2) is 11.4. The van der Waals surface area contributed by atoms with Gasteiger partial charge < -0.3 is 14.8 Å². The number of ether oxygens (including phenoxy) is 2. The number of urea groups is 1. The number of hydrogen-bond donors (Lipinski definition) is 2. The highest BCUT2D eigenvalue weighted by atomic mass is 35.5. The third-order valence-electron chi connectivity index (χ3n) is 5.18. The van der Waals surface area contributed by atoms with E-state index < -0.39 is 17.8 Å². The van der Waals surface area contributed by atoms with E-state index in [9.17, 15) is 19.2 Å². The molecule has 3 aromatic rings. The Labute approximate surface area is 217 Å². The highest BCUT2D eigenvalue weighted by Gasteiger charge is 2.36. The molecule has 9 nitrogen and oxygen atoms in total. The summed E-state index contributed by atoms with van der Waals surface area (Å²) in [5.74, 6) is -1.32. The fourth-order valence-corrected chi connectivity index (χ4v) is 3.64. The molecule has 1 fully saturated rings. The molecule has 0 unspecified atom stereocenters. The van der Waals surface area contributed by atoms with Gasteiger partial charge in [0.15, 0.2) is 18.1 Å². The zero-order valence-electron chi connectivity index (χ0n) is 19.7. The number of benzene rings is 3. The summed E-state index contributed by atoms with van der Waals surface area (Å²) in [6.45, 7) is 1.81. The first kappa shape index (κ1) is 25.5. The van der Waals surface area contributed by atoms with Gasteiger partial charge in [-0.25, -0.2) is 9.69 Å². The van der Waals surface area contributed by atoms with Crippen LogP contribution in [-0.2, 0) is 14.4 Å². The van der Waals surface area contributed by atoms with Gasteiger partial charge in [-0.1, -0.05) is 35.9 Å². The quantitative estimate of drug-likeness (QED) is 0.336. The summed E-state index contributed by atoms with van der Waals surface area (Å²) in [6, 6.07) is 18.9. The summed E-state index contributed by atoms with van der Waals surface area (Å²) in [4.78, 5) is 51.0. The molecule has 0 saturated carbocycles. The van der Waals surface area contributed by atoms with Crippen LogP contribution in [0.4, 0.5) is 16.2 Å². The van der Waals surface area contributed by atoms with E-state index in [2.05, 4.69) is 10.6 Å². The Morgan fingerprint density at radius 2 is 1.70 bits per heavy atom. The zero-order valence-corrected chi connectivity index (χ0v) is 20.5. The molecular formula is C27H22ClN3O6. The fraction of sp³-hybridized carbons (Fsp3) is 0.111. The third kappa shape index (κ3) is 6.14. The topological polar surface area (TPSA) is 114 Å². The summed E-state index contributed by atoms with van der Waals surface area (Å²) < 4.78 is 11.3. The van der Waals surface area contributed by atoms with Crippen LogP contribution in [0.25, 0.3) is 6.08 Å². The minimum absolute atomic E-state index is 0.220. The SMILES string of the molecule is CCOc1cc(/C=C2\C(=O)NC(=O)N(c3ccccc3)C2=O)ccc1OCC(=O)Nc1ccc(Cl)cc1. The van der Waals surface area contributed by atoms with E-state index in [0.29, 0.717) is 40.1 Å². The predicted molar refractivity (Wildman–Crippen MR) is 139 cm³/mol. The van der Waals surface area contributed by atoms with E-state index in [0.717, 1.165) is 4.90 Å². The van der Waals surface area contributed by atoms with Gasteiger partial charge in [0.05, 0.1) is 12.3 Å². The molecule has 0 aromatic heterocycles. The molecule has 10 heteroatoms. The van der Waals surface area contributed by atoms with Crippen LogP contribution < -0.4 is 25.0 Å². The second-order valence-electron chi connectivity index (χ2n) is 7.78. The summed E-state index contributed by atoms with van der Waals surface area (Å²) in [6.07, 6.45) is 1.36. The fourth-order valence-electron chi connectivity index (χ4n) is 3.51. The maximum atomic E-state index is 13.0. The number of barbiturate groups is 1. The Bertz CT molecular complexity index is 1370. The van der Waals surface area contributed by atoms with Crippen molar-refractivity contribution in [2.75, 3.05) is 23.4 Å². The van der Waals surface area contributed by atoms with Crippen LogP contribution in [-0.4, -0.2) is 37.0 Å². The van der Waals surface area contributed by atoms with E-state index in [1.165, 1.54) is 6.08 Å². The van der Waals surface area contributed by atoms with Crippen LogP contribution in [0.5, 0.6) is 11.5 Å². The molecule has 188 valence electrons. The van der Waals surface area contributed by atoms with Crippen molar-refractivity contribution in [3.05, 3.63) is 89.0 Å². The number of carbonyl (C=O) groups excluding carboxylic acids is 4. The highest BCUT2D eigenvalue weighted by Crippen LogP contribution is 2.30. The largest absolute Gasteiger partial charge is 0.490 e. The Hall–Kier alpha value is -4.63. The smallest absolute Gasteiger partial charge is 0.335 e. The minimum atomic E-state index is -0.825. The lowest BCUT2D eigenvalue weighted by Crippen LogP contribution is -2.54. The molecule has 0 spiro atoms. The van der Waals surface area contributed by atoms with Crippen LogP contribution in [0.3, 0.4) is 0 Å². The summed E-state index contributed by atoms with van der Waals surface area (Å²) in [5.41, 5.74) is 1.15. The molecule has 0 bridgehead atoms. The number of para-hydroxylation sites is 1. The molecule has 2 N–H and O–H groups in total. The molecule has 1 saturated heterocycles. The van der Waals surface area contributed by atoms with Crippen LogP contribution in [0.15, 0.2) is 78.4 Å². The standard InChI is InChI=1S/C27H22ClN3O6/c1-2-36-23-15-17(8-13-22(23)37-16-24(32)29-19-11-9-18(28)10-12-19)14-21-25(33)30-27(35)31(26(21)34)20-6-4-3-5-7-20/h3-15H,2,16H2,1H3,(H,29,32)(H,30,33,35)/b21-14+. The van der Waals surface area contributed by atoms with Gasteiger partial charge in [-0.15, -0.1) is 0 Å². The van der Waals surface area contributed by atoms with Gasteiger partial charge in [0.25, 0.3) is 17.7 Å². The third-order valence-corrected chi connectivity index (χ3v) is 5.43. The van der Waals surface area contributed by atoms with Crippen LogP contribution in [0.1, 0.15) is 12.5 Å². The Kier molecular flexibility index (Phi) is 7.85. The number of rotatable bonds is 8. The molecule has 1 aliphatic heterocycles. The van der Waals surface area contributed by atoms with Gasteiger partial charge in [-0.3, -0.25) is 19.7 Å². The van der Waals surface area contributed by atoms with Crippen LogP contribution in [0.2, 0.25) is 5.02 Å². The van der Waals surface area contributed by atoms with Gasteiger partial charge in [0.1, 0.15) is 5.57 Å². The lowest BCUT2D eigenvalue weighted by Gasteiger charge is -2.26. The number of nitrogens with one attached hydrogen (secondary N) is 2. The molecule has 1 aliphatic rings. The number of nitrogens with zero attached hydrogens (tertiary/aromatic N) is 1. The monoisotopic (exact) mass is 519 g/mol. The van der Waals surface area contributed by atoms with Crippen LogP contribution >= 0.6 is 11.6 Å². The van der Waals surface area contributed by atoms with E-state index >= 15 is 0 Å². The number of anilines is 2. The predicted octanol–water partition coefficient (Wildman–Crippen LogP) is 4.42. The normalized spacial score (nSPS) is 14.4. The van der Waals surface area contributed by atoms with Crippen molar-refractivity contribution in [1.82, 2.24) is 5.32 Å². The van der Waals surface area contributed by atoms with Gasteiger partial charge in [0, 0.05) is 10.7 Å². The van der Waals surface area contributed by atoms with Crippen molar-refractivity contribution in [1.29, 1.82) is 0 Å². The van der Waals surface area contributed by atoms with Crippen molar-refractivity contribution in [2.24, 2.45) is 0 Å². The highest BCUT2D eigenvalue weighted by molar-refractivity contribution is 6.39. The lowest BCUT2D eigenvalue weighted by molar-refractivity contribution is -0.122. The minimum Gasteiger partial charge on any atom is -0.490 e. The van der Waals surface area contributed by atoms with Crippen molar-refractivity contribution >= 4 is 52.8 Å². The first-order chi connectivity index (χ1) is 17.9. The molecule has 0 aliphatic carbocycles. The molecule has 0 radical (unpaired) electrons. The maximum Gasteiger partial charge on any atom is 0.335 e. The van der Waals surface area contributed by atoms with E-state index in [1.807, 2.05) is 0 Å². The second-order valence-corrected chi connectivity index (χ2v) is 8.21. The Balaban J connectivity index is 1.52. The van der Waals surface area contributed by atoms with Crippen molar-refractivity contribution in [3.8, 4) is 11.5 Å². The molecule has 0 atom stereocenters. The van der Waals surface area contributed by atoms with Gasteiger partial charge in [0.2, 0.25) is 0 Å². The van der Waals surface area contributed by atoms with E-state index in [1.54, 1.807) is 79.7 Å². The zero-order chi connectivity index (χ0) is 26.4. The number of imide groups is 2. The average Bonchev–Trinajstić information content (AvgIpc) is 2.88. The number of hydrogen-bond acceptors (Lipinski definition) is 6. The maximum absolute atomic E-state index is 13.0. The molecule has 1 heterocycles. The molecule has 3 aromatic carbocycles. The average molecular weight is 520 g/mol. The molecule has 4 rings (SSSR count).